The first-order valence-electron chi connectivity index (χ1n) is 6.27. The minimum atomic E-state index is -3.55. The molecule has 0 fully saturated rings. The Hall–Kier alpha value is -2.14. The molecule has 20 heavy (non-hydrogen) atoms. The Morgan fingerprint density at radius 1 is 1.00 bits per heavy atom. The zero-order valence-electron chi connectivity index (χ0n) is 11.0. The van der Waals surface area contributed by atoms with Crippen LogP contribution in [0.3, 0.4) is 0 Å². The molecule has 0 aromatic heterocycles. The number of aliphatic imine (C=N–C) groups is 1. The number of nitrogens with zero attached hydrogens (tertiary/aromatic N) is 2. The van der Waals surface area contributed by atoms with Crippen molar-refractivity contribution in [2.75, 3.05) is 7.05 Å². The van der Waals surface area contributed by atoms with Crippen molar-refractivity contribution in [3.05, 3.63) is 65.7 Å². The molecule has 0 spiro atoms. The van der Waals surface area contributed by atoms with Crippen LogP contribution in [0.1, 0.15) is 11.1 Å². The fourth-order valence-electron chi connectivity index (χ4n) is 2.27. The van der Waals surface area contributed by atoms with Crippen molar-refractivity contribution in [2.24, 2.45) is 4.99 Å². The Morgan fingerprint density at radius 2 is 1.65 bits per heavy atom. The van der Waals surface area contributed by atoms with Crippen LogP contribution >= 0.6 is 0 Å². The summed E-state index contributed by atoms with van der Waals surface area (Å²) < 4.78 is 26.6. The highest BCUT2D eigenvalue weighted by atomic mass is 32.2. The number of rotatable bonds is 1. The molecule has 0 amide bonds. The van der Waals surface area contributed by atoms with Crippen molar-refractivity contribution in [3.8, 4) is 0 Å². The normalized spacial score (nSPS) is 17.1. The first kappa shape index (κ1) is 12.9. The molecule has 5 heteroatoms. The summed E-state index contributed by atoms with van der Waals surface area (Å²) in [6.07, 6.45) is 0. The molecule has 2 aromatic rings. The molecule has 102 valence electrons. The summed E-state index contributed by atoms with van der Waals surface area (Å²) in [5, 5.41) is 0. The number of benzene rings is 2. The standard InChI is InChI=1S/C15H14N2O2S/c1-17-15(12-7-3-2-4-8-12)16-11-13-9-5-6-10-14(13)20(17,18)19/h2-10H,11H2,1H3. The lowest BCUT2D eigenvalue weighted by molar-refractivity contribution is 0.553. The van der Waals surface area contributed by atoms with Crippen molar-refractivity contribution >= 4 is 15.9 Å². The van der Waals surface area contributed by atoms with Crippen molar-refractivity contribution in [3.63, 3.8) is 0 Å². The second-order valence-corrected chi connectivity index (χ2v) is 6.52. The predicted octanol–water partition coefficient (Wildman–Crippen LogP) is 2.27. The fourth-order valence-corrected chi connectivity index (χ4v) is 3.67. The van der Waals surface area contributed by atoms with Crippen molar-refractivity contribution < 1.29 is 8.42 Å². The molecule has 0 unspecified atom stereocenters. The highest BCUT2D eigenvalue weighted by Gasteiger charge is 2.29. The van der Waals surface area contributed by atoms with Gasteiger partial charge < -0.3 is 0 Å². The SMILES string of the molecule is CN1C(c2ccccc2)=NCc2ccccc2S1(=O)=O. The van der Waals surface area contributed by atoms with Crippen molar-refractivity contribution in [1.82, 2.24) is 4.31 Å². The monoisotopic (exact) mass is 286 g/mol. The summed E-state index contributed by atoms with van der Waals surface area (Å²) in [5.41, 5.74) is 1.52. The Balaban J connectivity index is 2.17. The summed E-state index contributed by atoms with van der Waals surface area (Å²) >= 11 is 0. The molecule has 0 radical (unpaired) electrons. The van der Waals surface area contributed by atoms with E-state index < -0.39 is 10.0 Å². The molecule has 3 rings (SSSR count). The summed E-state index contributed by atoms with van der Waals surface area (Å²) in [6.45, 7) is 0.365. The molecule has 0 bridgehead atoms. The predicted molar refractivity (Wildman–Crippen MR) is 78.1 cm³/mol. The van der Waals surface area contributed by atoms with Gasteiger partial charge in [0.2, 0.25) is 0 Å². The minimum Gasteiger partial charge on any atom is -0.262 e. The van der Waals surface area contributed by atoms with Crippen LogP contribution in [0, 0.1) is 0 Å². The molecule has 1 heterocycles. The van der Waals surface area contributed by atoms with Crippen LogP contribution in [-0.2, 0) is 16.6 Å². The fraction of sp³-hybridized carbons (Fsp3) is 0.133. The van der Waals surface area contributed by atoms with E-state index in [1.165, 1.54) is 4.31 Å². The van der Waals surface area contributed by atoms with Crippen molar-refractivity contribution in [2.45, 2.75) is 11.4 Å². The third-order valence-corrected chi connectivity index (χ3v) is 5.19. The van der Waals surface area contributed by atoms with Crippen LogP contribution in [0.25, 0.3) is 0 Å². The van der Waals surface area contributed by atoms with Crippen LogP contribution in [0.15, 0.2) is 64.5 Å². The van der Waals surface area contributed by atoms with Gasteiger partial charge in [-0.05, 0) is 11.6 Å². The van der Waals surface area contributed by atoms with Gasteiger partial charge in [-0.1, -0.05) is 48.5 Å². The highest BCUT2D eigenvalue weighted by molar-refractivity contribution is 7.89. The molecule has 1 aliphatic heterocycles. The van der Waals surface area contributed by atoms with Gasteiger partial charge in [-0.3, -0.25) is 9.30 Å². The van der Waals surface area contributed by atoms with Crippen LogP contribution in [0.4, 0.5) is 0 Å². The Kier molecular flexibility index (Phi) is 3.06. The number of fused-ring (bicyclic) bond motifs is 1. The highest BCUT2D eigenvalue weighted by Crippen LogP contribution is 2.25. The Labute approximate surface area is 118 Å². The topological polar surface area (TPSA) is 49.7 Å². The zero-order chi connectivity index (χ0) is 14.2. The maximum Gasteiger partial charge on any atom is 0.265 e. The minimum absolute atomic E-state index is 0.331. The van der Waals surface area contributed by atoms with E-state index in [-0.39, 0.29) is 0 Å². The molecule has 0 atom stereocenters. The molecule has 4 nitrogen and oxygen atoms in total. The molecule has 0 N–H and O–H groups in total. The first-order valence-corrected chi connectivity index (χ1v) is 7.71. The number of sulfonamides is 1. The summed E-state index contributed by atoms with van der Waals surface area (Å²) in [6, 6.07) is 16.4. The summed E-state index contributed by atoms with van der Waals surface area (Å²) in [4.78, 5) is 4.81. The van der Waals surface area contributed by atoms with E-state index in [9.17, 15) is 8.42 Å². The van der Waals surface area contributed by atoms with E-state index in [2.05, 4.69) is 4.99 Å². The number of hydrogen-bond acceptors (Lipinski definition) is 3. The average molecular weight is 286 g/mol. The quantitative estimate of drug-likeness (QED) is 0.807. The average Bonchev–Trinajstić information content (AvgIpc) is 2.57. The maximum absolute atomic E-state index is 12.7. The molecule has 0 aliphatic carbocycles. The van der Waals surface area contributed by atoms with Gasteiger partial charge in [-0.15, -0.1) is 0 Å². The molecule has 0 saturated carbocycles. The lowest BCUT2D eigenvalue weighted by Crippen LogP contribution is -2.33. The number of hydrogen-bond donors (Lipinski definition) is 0. The van der Waals surface area contributed by atoms with Gasteiger partial charge in [0.05, 0.1) is 11.4 Å². The van der Waals surface area contributed by atoms with E-state index in [1.54, 1.807) is 25.2 Å². The van der Waals surface area contributed by atoms with Crippen LogP contribution in [-0.4, -0.2) is 25.6 Å². The molecular formula is C15H14N2O2S. The van der Waals surface area contributed by atoms with Gasteiger partial charge in [-0.25, -0.2) is 8.42 Å². The summed E-state index contributed by atoms with van der Waals surface area (Å²) in [5.74, 6) is 0.474. The summed E-state index contributed by atoms with van der Waals surface area (Å²) in [7, 11) is -2.01. The van der Waals surface area contributed by atoms with E-state index in [0.29, 0.717) is 17.3 Å². The van der Waals surface area contributed by atoms with Crippen LogP contribution in [0.2, 0.25) is 0 Å². The smallest absolute Gasteiger partial charge is 0.262 e. The maximum atomic E-state index is 12.7. The van der Waals surface area contributed by atoms with Crippen molar-refractivity contribution in [1.29, 1.82) is 0 Å². The van der Waals surface area contributed by atoms with Gasteiger partial charge in [0, 0.05) is 12.6 Å². The van der Waals surface area contributed by atoms with Crippen LogP contribution in [0.5, 0.6) is 0 Å². The molecular weight excluding hydrogens is 272 g/mol. The van der Waals surface area contributed by atoms with E-state index in [1.807, 2.05) is 36.4 Å². The molecule has 2 aromatic carbocycles. The second-order valence-electron chi connectivity index (χ2n) is 4.59. The lowest BCUT2D eigenvalue weighted by atomic mass is 10.2. The van der Waals surface area contributed by atoms with Gasteiger partial charge in [-0.2, -0.15) is 0 Å². The van der Waals surface area contributed by atoms with Crippen LogP contribution < -0.4 is 0 Å². The molecule has 0 saturated heterocycles. The van der Waals surface area contributed by atoms with Gasteiger partial charge in [0.25, 0.3) is 10.0 Å². The van der Waals surface area contributed by atoms with E-state index in [0.717, 1.165) is 11.1 Å². The van der Waals surface area contributed by atoms with E-state index in [4.69, 9.17) is 0 Å². The van der Waals surface area contributed by atoms with Gasteiger partial charge in [0.1, 0.15) is 5.84 Å². The Morgan fingerprint density at radius 3 is 2.40 bits per heavy atom. The third-order valence-electron chi connectivity index (χ3n) is 3.34. The van der Waals surface area contributed by atoms with Gasteiger partial charge >= 0.3 is 0 Å². The van der Waals surface area contributed by atoms with E-state index >= 15 is 0 Å². The second kappa shape index (κ2) is 4.76. The number of amidine groups is 1. The third kappa shape index (κ3) is 2.00. The first-order chi connectivity index (χ1) is 9.60. The van der Waals surface area contributed by atoms with Gasteiger partial charge in [0.15, 0.2) is 0 Å². The zero-order valence-corrected chi connectivity index (χ0v) is 11.8. The molecule has 1 aliphatic rings. The largest absolute Gasteiger partial charge is 0.265 e. The Bertz CT molecular complexity index is 767. The lowest BCUT2D eigenvalue weighted by Gasteiger charge is -2.19.